The number of benzene rings is 1. The van der Waals surface area contributed by atoms with Gasteiger partial charge >= 0.3 is 0 Å². The molecule has 0 aliphatic carbocycles. The second kappa shape index (κ2) is 5.40. The molecule has 1 aromatic heterocycles. The molecule has 0 fully saturated rings. The first kappa shape index (κ1) is 15.4. The molecule has 2 rings (SSSR count). The average molecular weight is 309 g/mol. The smallest absolute Gasteiger partial charge is 0.175 e. The van der Waals surface area contributed by atoms with E-state index in [-0.39, 0.29) is 10.9 Å². The highest BCUT2D eigenvalue weighted by Gasteiger charge is 2.17. The molecule has 0 saturated carbocycles. The van der Waals surface area contributed by atoms with E-state index in [2.05, 4.69) is 10.5 Å². The van der Waals surface area contributed by atoms with Gasteiger partial charge < -0.3 is 15.6 Å². The maximum Gasteiger partial charge on any atom is 0.175 e. The molecular formula is C14H19N3O3S. The predicted molar refractivity (Wildman–Crippen MR) is 82.0 cm³/mol. The van der Waals surface area contributed by atoms with Crippen LogP contribution in [0.3, 0.4) is 0 Å². The zero-order valence-corrected chi connectivity index (χ0v) is 13.3. The summed E-state index contributed by atoms with van der Waals surface area (Å²) in [6.45, 7) is 5.69. The molecule has 0 amide bonds. The Kier molecular flexibility index (Phi) is 3.95. The van der Waals surface area contributed by atoms with Crippen LogP contribution in [0.1, 0.15) is 30.0 Å². The van der Waals surface area contributed by atoms with Gasteiger partial charge in [-0.05, 0) is 39.0 Å². The molecule has 0 radical (unpaired) electrons. The summed E-state index contributed by atoms with van der Waals surface area (Å²) < 4.78 is 28.1. The van der Waals surface area contributed by atoms with Gasteiger partial charge in [-0.25, -0.2) is 8.42 Å². The van der Waals surface area contributed by atoms with Crippen LogP contribution in [0.5, 0.6) is 0 Å². The summed E-state index contributed by atoms with van der Waals surface area (Å²) in [5.41, 5.74) is 8.78. The van der Waals surface area contributed by atoms with E-state index in [9.17, 15) is 8.42 Å². The molecular weight excluding hydrogens is 290 g/mol. The molecule has 21 heavy (non-hydrogen) atoms. The zero-order chi connectivity index (χ0) is 15.8. The molecule has 1 heterocycles. The zero-order valence-electron chi connectivity index (χ0n) is 12.5. The Morgan fingerprint density at radius 2 is 2.00 bits per heavy atom. The summed E-state index contributed by atoms with van der Waals surface area (Å²) in [5.74, 6) is 0.749. The molecule has 1 atom stereocenters. The number of aryl methyl sites for hydroxylation is 2. The van der Waals surface area contributed by atoms with Crippen LogP contribution in [0.25, 0.3) is 0 Å². The van der Waals surface area contributed by atoms with Crippen LogP contribution >= 0.6 is 0 Å². The van der Waals surface area contributed by atoms with Gasteiger partial charge in [0, 0.05) is 11.8 Å². The third kappa shape index (κ3) is 3.18. The number of rotatable bonds is 4. The van der Waals surface area contributed by atoms with Crippen LogP contribution in [0, 0.1) is 13.8 Å². The minimum atomic E-state index is -3.26. The van der Waals surface area contributed by atoms with E-state index < -0.39 is 9.84 Å². The number of sulfone groups is 1. The molecule has 0 aliphatic heterocycles. The van der Waals surface area contributed by atoms with E-state index in [1.165, 1.54) is 12.1 Å². The van der Waals surface area contributed by atoms with E-state index in [4.69, 9.17) is 10.3 Å². The first-order chi connectivity index (χ1) is 9.70. The lowest BCUT2D eigenvalue weighted by atomic mass is 10.1. The van der Waals surface area contributed by atoms with Crippen molar-refractivity contribution in [3.8, 4) is 0 Å². The number of hydrogen-bond donors (Lipinski definition) is 2. The number of aromatic nitrogens is 1. The average Bonchev–Trinajstić information content (AvgIpc) is 2.70. The van der Waals surface area contributed by atoms with Gasteiger partial charge in [0.1, 0.15) is 5.76 Å². The third-order valence-corrected chi connectivity index (χ3v) is 4.46. The lowest BCUT2D eigenvalue weighted by Gasteiger charge is -2.17. The summed E-state index contributed by atoms with van der Waals surface area (Å²) in [6.07, 6.45) is 1.15. The number of nitrogens with one attached hydrogen (secondary N) is 1. The molecule has 6 nitrogen and oxygen atoms in total. The molecule has 7 heteroatoms. The van der Waals surface area contributed by atoms with E-state index in [1.54, 1.807) is 6.07 Å². The molecule has 0 spiro atoms. The van der Waals surface area contributed by atoms with E-state index in [0.29, 0.717) is 11.4 Å². The maximum absolute atomic E-state index is 11.5. The Morgan fingerprint density at radius 1 is 1.33 bits per heavy atom. The van der Waals surface area contributed by atoms with Crippen LogP contribution in [0.15, 0.2) is 27.6 Å². The normalized spacial score (nSPS) is 13.1. The SMILES string of the molecule is Cc1noc(C)c1C(C)Nc1ccc(S(C)(=O)=O)cc1N. The van der Waals surface area contributed by atoms with Crippen molar-refractivity contribution in [1.29, 1.82) is 0 Å². The van der Waals surface area contributed by atoms with Crippen molar-refractivity contribution in [2.24, 2.45) is 0 Å². The van der Waals surface area contributed by atoms with Crippen LogP contribution in [0.4, 0.5) is 11.4 Å². The Labute approximate surface area is 124 Å². The summed E-state index contributed by atoms with van der Waals surface area (Å²) in [6, 6.07) is 4.61. The van der Waals surface area contributed by atoms with Crippen molar-refractivity contribution >= 4 is 21.2 Å². The maximum atomic E-state index is 11.5. The number of nitrogen functional groups attached to an aromatic ring is 1. The molecule has 0 bridgehead atoms. The highest BCUT2D eigenvalue weighted by atomic mass is 32.2. The third-order valence-electron chi connectivity index (χ3n) is 3.34. The fourth-order valence-electron chi connectivity index (χ4n) is 2.32. The van der Waals surface area contributed by atoms with Gasteiger partial charge in [0.05, 0.1) is 28.0 Å². The monoisotopic (exact) mass is 309 g/mol. The summed E-state index contributed by atoms with van der Waals surface area (Å²) in [5, 5.41) is 7.18. The topological polar surface area (TPSA) is 98.2 Å². The fraction of sp³-hybridized carbons (Fsp3) is 0.357. The second-order valence-electron chi connectivity index (χ2n) is 5.13. The molecule has 2 aromatic rings. The number of nitrogens with two attached hydrogens (primary N) is 1. The van der Waals surface area contributed by atoms with E-state index in [1.807, 2.05) is 20.8 Å². The van der Waals surface area contributed by atoms with Crippen molar-refractivity contribution in [1.82, 2.24) is 5.16 Å². The van der Waals surface area contributed by atoms with Gasteiger partial charge in [0.15, 0.2) is 9.84 Å². The second-order valence-corrected chi connectivity index (χ2v) is 7.14. The molecule has 1 aromatic carbocycles. The Hall–Kier alpha value is -2.02. The van der Waals surface area contributed by atoms with Crippen molar-refractivity contribution in [2.75, 3.05) is 17.3 Å². The van der Waals surface area contributed by atoms with Gasteiger partial charge in [0.25, 0.3) is 0 Å². The number of anilines is 2. The highest BCUT2D eigenvalue weighted by molar-refractivity contribution is 7.90. The van der Waals surface area contributed by atoms with Gasteiger partial charge in [-0.1, -0.05) is 5.16 Å². The standard InChI is InChI=1S/C14H19N3O3S/c1-8(14-9(2)17-20-10(14)3)16-13-6-5-11(7-12(13)15)21(4,18)19/h5-8,16H,15H2,1-4H3. The Bertz CT molecular complexity index is 746. The Morgan fingerprint density at radius 3 is 2.48 bits per heavy atom. The quantitative estimate of drug-likeness (QED) is 0.842. The fourth-order valence-corrected chi connectivity index (χ4v) is 2.97. The molecule has 0 aliphatic rings. The van der Waals surface area contributed by atoms with Crippen molar-refractivity contribution < 1.29 is 12.9 Å². The number of nitrogens with zero attached hydrogens (tertiary/aromatic N) is 1. The van der Waals surface area contributed by atoms with Gasteiger partial charge in [-0.3, -0.25) is 0 Å². The Balaban J connectivity index is 2.28. The predicted octanol–water partition coefficient (Wildman–Crippen LogP) is 2.45. The van der Waals surface area contributed by atoms with Crippen LogP contribution in [-0.2, 0) is 9.84 Å². The van der Waals surface area contributed by atoms with Crippen LogP contribution in [0.2, 0.25) is 0 Å². The van der Waals surface area contributed by atoms with Crippen molar-refractivity contribution in [3.63, 3.8) is 0 Å². The van der Waals surface area contributed by atoms with Crippen LogP contribution < -0.4 is 11.1 Å². The van der Waals surface area contributed by atoms with Gasteiger partial charge in [-0.15, -0.1) is 0 Å². The highest BCUT2D eigenvalue weighted by Crippen LogP contribution is 2.29. The molecule has 0 saturated heterocycles. The lowest BCUT2D eigenvalue weighted by molar-refractivity contribution is 0.392. The first-order valence-electron chi connectivity index (χ1n) is 6.49. The molecule has 114 valence electrons. The van der Waals surface area contributed by atoms with Gasteiger partial charge in [-0.2, -0.15) is 0 Å². The van der Waals surface area contributed by atoms with Crippen LogP contribution in [-0.4, -0.2) is 19.8 Å². The number of hydrogen-bond acceptors (Lipinski definition) is 6. The minimum Gasteiger partial charge on any atom is -0.397 e. The molecule has 1 unspecified atom stereocenters. The van der Waals surface area contributed by atoms with E-state index in [0.717, 1.165) is 23.3 Å². The van der Waals surface area contributed by atoms with Crippen molar-refractivity contribution in [2.45, 2.75) is 31.7 Å². The summed E-state index contributed by atoms with van der Waals surface area (Å²) >= 11 is 0. The first-order valence-corrected chi connectivity index (χ1v) is 8.38. The molecule has 3 N–H and O–H groups in total. The largest absolute Gasteiger partial charge is 0.397 e. The summed E-state index contributed by atoms with van der Waals surface area (Å²) in [7, 11) is -3.26. The van der Waals surface area contributed by atoms with Gasteiger partial charge in [0.2, 0.25) is 0 Å². The van der Waals surface area contributed by atoms with Crippen molar-refractivity contribution in [3.05, 3.63) is 35.2 Å². The van der Waals surface area contributed by atoms with E-state index >= 15 is 0 Å². The summed E-state index contributed by atoms with van der Waals surface area (Å²) in [4.78, 5) is 0.204. The minimum absolute atomic E-state index is 0.0531. The lowest BCUT2D eigenvalue weighted by Crippen LogP contribution is -2.10.